The van der Waals surface area contributed by atoms with Crippen molar-refractivity contribution in [1.29, 1.82) is 0 Å². The van der Waals surface area contributed by atoms with Crippen molar-refractivity contribution in [3.05, 3.63) is 29.7 Å². The highest BCUT2D eigenvalue weighted by molar-refractivity contribution is 5.85. The fraction of sp³-hybridized carbons (Fsp3) is 0.500. The molecule has 0 aliphatic heterocycles. The minimum absolute atomic E-state index is 0. The molecule has 2 aromatic rings. The van der Waals surface area contributed by atoms with E-state index in [2.05, 4.69) is 22.4 Å². The number of hydrogen-bond acceptors (Lipinski definition) is 3. The van der Waals surface area contributed by atoms with Crippen molar-refractivity contribution >= 4 is 18.2 Å². The van der Waals surface area contributed by atoms with Crippen molar-refractivity contribution in [2.45, 2.75) is 39.9 Å². The van der Waals surface area contributed by atoms with Crippen LogP contribution in [-0.2, 0) is 13.1 Å². The van der Waals surface area contributed by atoms with Crippen LogP contribution in [0.4, 0.5) is 14.6 Å². The van der Waals surface area contributed by atoms with Gasteiger partial charge in [-0.25, -0.2) is 4.68 Å². The number of anilines is 1. The molecular formula is C12H18ClF2N5. The first-order chi connectivity index (χ1) is 9.10. The summed E-state index contributed by atoms with van der Waals surface area (Å²) in [7, 11) is 0. The summed E-state index contributed by atoms with van der Waals surface area (Å²) < 4.78 is 27.3. The first-order valence-corrected chi connectivity index (χ1v) is 6.20. The van der Waals surface area contributed by atoms with Gasteiger partial charge in [0.1, 0.15) is 5.82 Å². The summed E-state index contributed by atoms with van der Waals surface area (Å²) in [5, 5.41) is 11.1. The van der Waals surface area contributed by atoms with Gasteiger partial charge in [0.25, 0.3) is 0 Å². The highest BCUT2D eigenvalue weighted by Gasteiger charge is 2.08. The molecule has 112 valence electrons. The van der Waals surface area contributed by atoms with Crippen LogP contribution in [0.25, 0.3) is 0 Å². The summed E-state index contributed by atoms with van der Waals surface area (Å²) in [5.41, 5.74) is 1.97. The van der Waals surface area contributed by atoms with E-state index in [9.17, 15) is 8.78 Å². The predicted molar refractivity (Wildman–Crippen MR) is 75.3 cm³/mol. The quantitative estimate of drug-likeness (QED) is 0.891. The maximum absolute atomic E-state index is 12.4. The number of aryl methyl sites for hydroxylation is 2. The van der Waals surface area contributed by atoms with Gasteiger partial charge in [-0.1, -0.05) is 6.92 Å². The third kappa shape index (κ3) is 3.93. The third-order valence-electron chi connectivity index (χ3n) is 2.68. The minimum atomic E-state index is -2.61. The molecule has 0 aliphatic carbocycles. The van der Waals surface area contributed by atoms with Gasteiger partial charge in [0.15, 0.2) is 0 Å². The monoisotopic (exact) mass is 305 g/mol. The summed E-state index contributed by atoms with van der Waals surface area (Å²) in [6.07, 6.45) is 2.25. The van der Waals surface area contributed by atoms with Crippen LogP contribution in [0.3, 0.4) is 0 Å². The molecule has 0 saturated heterocycles. The van der Waals surface area contributed by atoms with Crippen LogP contribution in [0.5, 0.6) is 0 Å². The maximum atomic E-state index is 12.4. The number of hydrogen-bond donors (Lipinski definition) is 1. The standard InChI is InChI=1S/C12H17F2N5.ClH/c1-3-5-18-10(7-9(2)16-18)8-15-11-4-6-19(17-11)12(13)14;/h4,6-7,12H,3,5,8H2,1-2H3,(H,15,17);1H. The van der Waals surface area contributed by atoms with Gasteiger partial charge >= 0.3 is 6.55 Å². The SMILES string of the molecule is CCCn1nc(C)cc1CNc1ccn(C(F)F)n1.Cl. The minimum Gasteiger partial charge on any atom is -0.363 e. The molecule has 0 unspecified atom stereocenters. The average molecular weight is 306 g/mol. The molecular weight excluding hydrogens is 288 g/mol. The molecule has 0 amide bonds. The van der Waals surface area contributed by atoms with Gasteiger partial charge in [0.2, 0.25) is 0 Å². The van der Waals surface area contributed by atoms with Gasteiger partial charge in [-0.2, -0.15) is 19.0 Å². The van der Waals surface area contributed by atoms with E-state index in [-0.39, 0.29) is 12.4 Å². The number of alkyl halides is 2. The van der Waals surface area contributed by atoms with Gasteiger partial charge < -0.3 is 5.32 Å². The zero-order chi connectivity index (χ0) is 13.8. The van der Waals surface area contributed by atoms with Crippen LogP contribution in [0.15, 0.2) is 18.3 Å². The Hall–Kier alpha value is -1.63. The van der Waals surface area contributed by atoms with E-state index in [1.807, 2.05) is 17.7 Å². The van der Waals surface area contributed by atoms with Crippen LogP contribution in [0.1, 0.15) is 31.3 Å². The molecule has 2 aromatic heterocycles. The maximum Gasteiger partial charge on any atom is 0.333 e. The summed E-state index contributed by atoms with van der Waals surface area (Å²) in [6.45, 7) is 2.76. The molecule has 0 aromatic carbocycles. The number of nitrogens with one attached hydrogen (secondary N) is 1. The second-order valence-corrected chi connectivity index (χ2v) is 4.31. The molecule has 0 spiro atoms. The van der Waals surface area contributed by atoms with E-state index in [1.54, 1.807) is 0 Å². The van der Waals surface area contributed by atoms with Crippen LogP contribution in [0, 0.1) is 6.92 Å². The Labute approximate surface area is 122 Å². The smallest absolute Gasteiger partial charge is 0.333 e. The average Bonchev–Trinajstić information content (AvgIpc) is 2.94. The van der Waals surface area contributed by atoms with Crippen molar-refractivity contribution < 1.29 is 8.78 Å². The summed E-state index contributed by atoms with van der Waals surface area (Å²) >= 11 is 0. The molecule has 0 aliphatic rings. The molecule has 0 bridgehead atoms. The Bertz CT molecular complexity index is 538. The molecule has 2 rings (SSSR count). The lowest BCUT2D eigenvalue weighted by Crippen LogP contribution is -2.09. The normalized spacial score (nSPS) is 10.7. The fourth-order valence-corrected chi connectivity index (χ4v) is 1.87. The predicted octanol–water partition coefficient (Wildman–Crippen LogP) is 3.23. The highest BCUT2D eigenvalue weighted by atomic mass is 35.5. The molecule has 0 fully saturated rings. The Morgan fingerprint density at radius 3 is 2.70 bits per heavy atom. The van der Waals surface area contributed by atoms with E-state index in [0.717, 1.165) is 24.4 Å². The second-order valence-electron chi connectivity index (χ2n) is 4.31. The van der Waals surface area contributed by atoms with Gasteiger partial charge in [-0.05, 0) is 19.4 Å². The van der Waals surface area contributed by atoms with Gasteiger partial charge in [-0.3, -0.25) is 4.68 Å². The Balaban J connectivity index is 0.00000200. The first kappa shape index (κ1) is 16.4. The molecule has 8 heteroatoms. The van der Waals surface area contributed by atoms with Crippen LogP contribution in [0.2, 0.25) is 0 Å². The Kier molecular flexibility index (Phi) is 5.94. The van der Waals surface area contributed by atoms with Gasteiger partial charge in [-0.15, -0.1) is 12.4 Å². The van der Waals surface area contributed by atoms with E-state index in [0.29, 0.717) is 17.0 Å². The Morgan fingerprint density at radius 1 is 1.35 bits per heavy atom. The summed E-state index contributed by atoms with van der Waals surface area (Å²) in [5.74, 6) is 0.433. The first-order valence-electron chi connectivity index (χ1n) is 6.20. The largest absolute Gasteiger partial charge is 0.363 e. The number of rotatable bonds is 6. The zero-order valence-corrected chi connectivity index (χ0v) is 12.2. The topological polar surface area (TPSA) is 47.7 Å². The van der Waals surface area contributed by atoms with Crippen LogP contribution in [-0.4, -0.2) is 19.6 Å². The Morgan fingerprint density at radius 2 is 2.10 bits per heavy atom. The lowest BCUT2D eigenvalue weighted by molar-refractivity contribution is 0.0569. The molecule has 5 nitrogen and oxygen atoms in total. The molecule has 2 heterocycles. The number of halogens is 3. The molecule has 0 radical (unpaired) electrons. The number of nitrogens with zero attached hydrogens (tertiary/aromatic N) is 4. The second kappa shape index (κ2) is 7.23. The van der Waals surface area contributed by atoms with Crippen LogP contribution < -0.4 is 5.32 Å². The van der Waals surface area contributed by atoms with Crippen molar-refractivity contribution in [3.63, 3.8) is 0 Å². The molecule has 1 N–H and O–H groups in total. The highest BCUT2D eigenvalue weighted by Crippen LogP contribution is 2.13. The lowest BCUT2D eigenvalue weighted by atomic mass is 10.3. The van der Waals surface area contributed by atoms with Crippen molar-refractivity contribution in [1.82, 2.24) is 19.6 Å². The van der Waals surface area contributed by atoms with Crippen LogP contribution >= 0.6 is 12.4 Å². The van der Waals surface area contributed by atoms with Crippen molar-refractivity contribution in [3.8, 4) is 0 Å². The van der Waals surface area contributed by atoms with Gasteiger partial charge in [0, 0.05) is 18.8 Å². The van der Waals surface area contributed by atoms with E-state index in [1.165, 1.54) is 12.3 Å². The molecule has 0 atom stereocenters. The molecule has 0 saturated carbocycles. The van der Waals surface area contributed by atoms with E-state index in [4.69, 9.17) is 0 Å². The van der Waals surface area contributed by atoms with E-state index >= 15 is 0 Å². The van der Waals surface area contributed by atoms with Gasteiger partial charge in [0.05, 0.1) is 17.9 Å². The summed E-state index contributed by atoms with van der Waals surface area (Å²) in [4.78, 5) is 0. The fourth-order valence-electron chi connectivity index (χ4n) is 1.87. The van der Waals surface area contributed by atoms with Crippen molar-refractivity contribution in [2.75, 3.05) is 5.32 Å². The molecule has 20 heavy (non-hydrogen) atoms. The van der Waals surface area contributed by atoms with Crippen molar-refractivity contribution in [2.24, 2.45) is 0 Å². The summed E-state index contributed by atoms with van der Waals surface area (Å²) in [6, 6.07) is 3.51. The zero-order valence-electron chi connectivity index (χ0n) is 11.4. The lowest BCUT2D eigenvalue weighted by Gasteiger charge is -2.06. The van der Waals surface area contributed by atoms with E-state index < -0.39 is 6.55 Å². The third-order valence-corrected chi connectivity index (χ3v) is 2.68. The number of aromatic nitrogens is 4.